The van der Waals surface area contributed by atoms with E-state index in [4.69, 9.17) is 16.3 Å². The zero-order chi connectivity index (χ0) is 16.8. The lowest BCUT2D eigenvalue weighted by molar-refractivity contribution is -0.116. The van der Waals surface area contributed by atoms with E-state index in [1.807, 2.05) is 57.2 Å². The van der Waals surface area contributed by atoms with Crippen molar-refractivity contribution in [1.29, 1.82) is 0 Å². The highest BCUT2D eigenvalue weighted by molar-refractivity contribution is 6.32. The summed E-state index contributed by atoms with van der Waals surface area (Å²) in [6.07, 6.45) is 1.10. The molecule has 2 aromatic carbocycles. The van der Waals surface area contributed by atoms with Gasteiger partial charge in [-0.15, -0.1) is 0 Å². The van der Waals surface area contributed by atoms with Crippen molar-refractivity contribution in [2.45, 2.75) is 33.6 Å². The Labute approximate surface area is 142 Å². The molecule has 23 heavy (non-hydrogen) atoms. The van der Waals surface area contributed by atoms with E-state index >= 15 is 0 Å². The van der Waals surface area contributed by atoms with Crippen molar-refractivity contribution in [3.8, 4) is 5.75 Å². The molecule has 0 unspecified atom stereocenters. The van der Waals surface area contributed by atoms with Gasteiger partial charge in [-0.25, -0.2) is 0 Å². The molecule has 0 aliphatic rings. The van der Waals surface area contributed by atoms with Gasteiger partial charge in [-0.3, -0.25) is 4.79 Å². The van der Waals surface area contributed by atoms with Crippen LogP contribution in [-0.2, 0) is 4.79 Å². The third kappa shape index (κ3) is 5.29. The topological polar surface area (TPSA) is 38.3 Å². The minimum Gasteiger partial charge on any atom is -0.494 e. The summed E-state index contributed by atoms with van der Waals surface area (Å²) in [4.78, 5) is 11.9. The van der Waals surface area contributed by atoms with Crippen molar-refractivity contribution in [2.75, 3.05) is 11.9 Å². The number of amides is 1. The van der Waals surface area contributed by atoms with Crippen LogP contribution in [0.5, 0.6) is 5.75 Å². The van der Waals surface area contributed by atoms with Crippen LogP contribution in [0.2, 0.25) is 5.02 Å². The molecule has 4 heteroatoms. The lowest BCUT2D eigenvalue weighted by Crippen LogP contribution is -2.12. The van der Waals surface area contributed by atoms with Crippen molar-refractivity contribution in [3.63, 3.8) is 0 Å². The van der Waals surface area contributed by atoms with Gasteiger partial charge in [0.25, 0.3) is 0 Å². The SMILES string of the molecule is Cc1cccc(NC(=O)CCCOc2cc(C)c(Cl)c(C)c2)c1. The molecule has 0 aliphatic heterocycles. The molecule has 2 rings (SSSR count). The first-order valence-corrected chi connectivity index (χ1v) is 8.09. The number of carbonyl (C=O) groups is 1. The van der Waals surface area contributed by atoms with Gasteiger partial charge in [0.1, 0.15) is 5.75 Å². The predicted octanol–water partition coefficient (Wildman–Crippen LogP) is 5.06. The van der Waals surface area contributed by atoms with E-state index in [0.717, 1.165) is 33.1 Å². The average molecular weight is 332 g/mol. The summed E-state index contributed by atoms with van der Waals surface area (Å²) in [5, 5.41) is 3.67. The van der Waals surface area contributed by atoms with Gasteiger partial charge in [0.05, 0.1) is 6.61 Å². The summed E-state index contributed by atoms with van der Waals surface area (Å²) in [7, 11) is 0. The van der Waals surface area contributed by atoms with E-state index in [-0.39, 0.29) is 5.91 Å². The number of carbonyl (C=O) groups excluding carboxylic acids is 1. The van der Waals surface area contributed by atoms with E-state index in [9.17, 15) is 4.79 Å². The van der Waals surface area contributed by atoms with E-state index in [1.54, 1.807) is 0 Å². The maximum atomic E-state index is 11.9. The number of nitrogens with one attached hydrogen (secondary N) is 1. The van der Waals surface area contributed by atoms with Crippen LogP contribution < -0.4 is 10.1 Å². The Kier molecular flexibility index (Phi) is 6.05. The molecule has 0 radical (unpaired) electrons. The monoisotopic (exact) mass is 331 g/mol. The van der Waals surface area contributed by atoms with Crippen molar-refractivity contribution >= 4 is 23.2 Å². The highest BCUT2D eigenvalue weighted by Gasteiger charge is 2.05. The minimum absolute atomic E-state index is 0.00247. The third-order valence-corrected chi connectivity index (χ3v) is 4.12. The van der Waals surface area contributed by atoms with Crippen molar-refractivity contribution < 1.29 is 9.53 Å². The summed E-state index contributed by atoms with van der Waals surface area (Å²) in [6, 6.07) is 11.6. The molecule has 0 heterocycles. The van der Waals surface area contributed by atoms with Gasteiger partial charge in [-0.1, -0.05) is 23.7 Å². The Morgan fingerprint density at radius 3 is 2.48 bits per heavy atom. The van der Waals surface area contributed by atoms with Gasteiger partial charge in [0, 0.05) is 17.1 Å². The fraction of sp³-hybridized carbons (Fsp3) is 0.316. The number of hydrogen-bond acceptors (Lipinski definition) is 2. The number of benzene rings is 2. The van der Waals surface area contributed by atoms with E-state index in [1.165, 1.54) is 0 Å². The average Bonchev–Trinajstić information content (AvgIpc) is 2.49. The molecule has 0 bridgehead atoms. The third-order valence-electron chi connectivity index (χ3n) is 3.53. The molecule has 0 saturated carbocycles. The van der Waals surface area contributed by atoms with Gasteiger partial charge in [0.15, 0.2) is 0 Å². The van der Waals surface area contributed by atoms with Gasteiger partial charge in [-0.2, -0.15) is 0 Å². The molecule has 1 N–H and O–H groups in total. The normalized spacial score (nSPS) is 10.4. The zero-order valence-electron chi connectivity index (χ0n) is 13.8. The second-order valence-electron chi connectivity index (χ2n) is 5.74. The molecule has 0 fully saturated rings. The first-order chi connectivity index (χ1) is 11.0. The van der Waals surface area contributed by atoms with Crippen LogP contribution >= 0.6 is 11.6 Å². The van der Waals surface area contributed by atoms with Crippen molar-refractivity contribution in [1.82, 2.24) is 0 Å². The van der Waals surface area contributed by atoms with E-state index in [0.29, 0.717) is 19.4 Å². The Morgan fingerprint density at radius 2 is 1.83 bits per heavy atom. The number of ether oxygens (including phenoxy) is 1. The molecule has 0 aromatic heterocycles. The van der Waals surface area contributed by atoms with Gasteiger partial charge in [-0.05, 0) is 68.1 Å². The summed E-state index contributed by atoms with van der Waals surface area (Å²) in [5.41, 5.74) is 3.96. The second-order valence-corrected chi connectivity index (χ2v) is 6.12. The summed E-state index contributed by atoms with van der Waals surface area (Å²) in [5.74, 6) is 0.797. The first-order valence-electron chi connectivity index (χ1n) is 7.72. The molecule has 0 atom stereocenters. The van der Waals surface area contributed by atoms with Crippen LogP contribution in [0.15, 0.2) is 36.4 Å². The molecule has 3 nitrogen and oxygen atoms in total. The molecular formula is C19H22ClNO2. The highest BCUT2D eigenvalue weighted by atomic mass is 35.5. The highest BCUT2D eigenvalue weighted by Crippen LogP contribution is 2.25. The maximum Gasteiger partial charge on any atom is 0.224 e. The summed E-state index contributed by atoms with van der Waals surface area (Å²) >= 11 is 6.13. The zero-order valence-corrected chi connectivity index (χ0v) is 14.5. The Balaban J connectivity index is 1.76. The van der Waals surface area contributed by atoms with E-state index < -0.39 is 0 Å². The van der Waals surface area contributed by atoms with Crippen LogP contribution in [0, 0.1) is 20.8 Å². The maximum absolute atomic E-state index is 11.9. The lowest BCUT2D eigenvalue weighted by atomic mass is 10.1. The minimum atomic E-state index is 0.00247. The second kappa shape index (κ2) is 8.02. The van der Waals surface area contributed by atoms with Crippen LogP contribution in [0.3, 0.4) is 0 Å². The van der Waals surface area contributed by atoms with Crippen LogP contribution in [0.4, 0.5) is 5.69 Å². The van der Waals surface area contributed by atoms with Crippen LogP contribution in [0.1, 0.15) is 29.5 Å². The quantitative estimate of drug-likeness (QED) is 0.751. The van der Waals surface area contributed by atoms with E-state index in [2.05, 4.69) is 5.32 Å². The van der Waals surface area contributed by atoms with Crippen molar-refractivity contribution in [2.24, 2.45) is 0 Å². The number of rotatable bonds is 6. The number of halogens is 1. The molecule has 0 saturated heterocycles. The Hall–Kier alpha value is -2.00. The van der Waals surface area contributed by atoms with Gasteiger partial charge < -0.3 is 10.1 Å². The molecule has 2 aromatic rings. The number of hydrogen-bond donors (Lipinski definition) is 1. The molecule has 122 valence electrons. The van der Waals surface area contributed by atoms with Crippen molar-refractivity contribution in [3.05, 3.63) is 58.1 Å². The fourth-order valence-electron chi connectivity index (χ4n) is 2.36. The Morgan fingerprint density at radius 1 is 1.13 bits per heavy atom. The number of anilines is 1. The fourth-order valence-corrected chi connectivity index (χ4v) is 2.47. The summed E-state index contributed by atoms with van der Waals surface area (Å²) < 4.78 is 5.70. The molecule has 0 spiro atoms. The molecular weight excluding hydrogens is 310 g/mol. The molecule has 0 aliphatic carbocycles. The largest absolute Gasteiger partial charge is 0.494 e. The van der Waals surface area contributed by atoms with Crippen LogP contribution in [-0.4, -0.2) is 12.5 Å². The smallest absolute Gasteiger partial charge is 0.224 e. The standard InChI is InChI=1S/C19H22ClNO2/c1-13-6-4-7-16(10-13)21-18(22)8-5-9-23-17-11-14(2)19(20)15(3)12-17/h4,6-7,10-12H,5,8-9H2,1-3H3,(H,21,22). The lowest BCUT2D eigenvalue weighted by Gasteiger charge is -2.10. The van der Waals surface area contributed by atoms with Gasteiger partial charge in [0.2, 0.25) is 5.91 Å². The van der Waals surface area contributed by atoms with Crippen LogP contribution in [0.25, 0.3) is 0 Å². The summed E-state index contributed by atoms with van der Waals surface area (Å²) in [6.45, 7) is 6.41. The first kappa shape index (κ1) is 17.4. The molecule has 1 amide bonds. The number of aryl methyl sites for hydroxylation is 3. The predicted molar refractivity (Wildman–Crippen MR) is 95.5 cm³/mol. The Bertz CT molecular complexity index is 675. The van der Waals surface area contributed by atoms with Gasteiger partial charge >= 0.3 is 0 Å².